The van der Waals surface area contributed by atoms with E-state index in [-0.39, 0.29) is 0 Å². The van der Waals surface area contributed by atoms with E-state index < -0.39 is 0 Å². The Morgan fingerprint density at radius 1 is 1.16 bits per heavy atom. The Kier molecular flexibility index (Phi) is 4.47. The number of aromatic nitrogens is 3. The summed E-state index contributed by atoms with van der Waals surface area (Å²) in [6.07, 6.45) is 1.33. The number of benzene rings is 1. The van der Waals surface area contributed by atoms with Gasteiger partial charge in [-0.2, -0.15) is 9.97 Å². The van der Waals surface area contributed by atoms with Gasteiger partial charge in [0, 0.05) is 36.8 Å². The molecule has 5 N–H and O–H groups in total. The molecule has 0 aliphatic heterocycles. The first kappa shape index (κ1) is 16.6. The van der Waals surface area contributed by atoms with Gasteiger partial charge in [-0.1, -0.05) is 6.07 Å². The molecule has 7 heteroatoms. The van der Waals surface area contributed by atoms with Crippen LogP contribution in [0.15, 0.2) is 24.3 Å². The van der Waals surface area contributed by atoms with Crippen molar-refractivity contribution in [3.63, 3.8) is 0 Å². The number of nitrogen functional groups attached to an aromatic ring is 1. The molecule has 0 atom stereocenters. The third-order valence-electron chi connectivity index (χ3n) is 4.01. The summed E-state index contributed by atoms with van der Waals surface area (Å²) in [5.41, 5.74) is 11.4. The van der Waals surface area contributed by atoms with Gasteiger partial charge in [0.2, 0.25) is 5.95 Å². The molecule has 1 aromatic carbocycles. The molecule has 0 bridgehead atoms. The summed E-state index contributed by atoms with van der Waals surface area (Å²) >= 11 is 0. The van der Waals surface area contributed by atoms with Gasteiger partial charge in [-0.3, -0.25) is 0 Å². The highest BCUT2D eigenvalue weighted by atomic mass is 15.1. The van der Waals surface area contributed by atoms with Crippen LogP contribution < -0.4 is 16.4 Å². The van der Waals surface area contributed by atoms with Crippen LogP contribution in [0.4, 0.5) is 17.5 Å². The van der Waals surface area contributed by atoms with Gasteiger partial charge in [-0.15, -0.1) is 0 Å². The quantitative estimate of drug-likeness (QED) is 0.533. The molecule has 0 saturated carbocycles. The summed E-state index contributed by atoms with van der Waals surface area (Å²) < 4.78 is 0. The maximum Gasteiger partial charge on any atom is 0.226 e. The Morgan fingerprint density at radius 2 is 1.96 bits per heavy atom. The predicted octanol–water partition coefficient (Wildman–Crippen LogP) is 2.88. The van der Waals surface area contributed by atoms with Crippen molar-refractivity contribution in [2.45, 2.75) is 20.4 Å². The molecule has 0 saturated heterocycles. The van der Waals surface area contributed by atoms with E-state index in [1.54, 1.807) is 0 Å². The minimum absolute atomic E-state index is 0.420. The van der Waals surface area contributed by atoms with E-state index in [0.717, 1.165) is 33.5 Å². The maximum absolute atomic E-state index is 7.50. The zero-order valence-electron chi connectivity index (χ0n) is 14.5. The molecule has 0 radical (unpaired) electrons. The fourth-order valence-electron chi connectivity index (χ4n) is 2.84. The highest BCUT2D eigenvalue weighted by molar-refractivity contribution is 5.89. The second kappa shape index (κ2) is 6.72. The molecule has 0 fully saturated rings. The zero-order chi connectivity index (χ0) is 18.0. The SMILES string of the molecule is CNc1ccc(CNc2nc(N)c3c(C)cc(C)nc3n2)cc1C=N. The lowest BCUT2D eigenvalue weighted by Gasteiger charge is -2.11. The first-order valence-corrected chi connectivity index (χ1v) is 7.98. The predicted molar refractivity (Wildman–Crippen MR) is 102 cm³/mol. The first-order valence-electron chi connectivity index (χ1n) is 7.98. The van der Waals surface area contributed by atoms with Crippen LogP contribution in [0.3, 0.4) is 0 Å². The van der Waals surface area contributed by atoms with Crippen LogP contribution in [0.1, 0.15) is 22.4 Å². The lowest BCUT2D eigenvalue weighted by molar-refractivity contribution is 1.06. The van der Waals surface area contributed by atoms with E-state index in [1.807, 2.05) is 45.2 Å². The van der Waals surface area contributed by atoms with E-state index in [2.05, 4.69) is 25.6 Å². The zero-order valence-corrected chi connectivity index (χ0v) is 14.5. The van der Waals surface area contributed by atoms with Gasteiger partial charge in [-0.25, -0.2) is 4.98 Å². The average molecular weight is 335 g/mol. The third kappa shape index (κ3) is 3.35. The topological polar surface area (TPSA) is 113 Å². The van der Waals surface area contributed by atoms with Crippen molar-refractivity contribution in [2.24, 2.45) is 0 Å². The first-order chi connectivity index (χ1) is 12.0. The summed E-state index contributed by atoms with van der Waals surface area (Å²) in [5.74, 6) is 0.861. The number of anilines is 3. The molecule has 128 valence electrons. The van der Waals surface area contributed by atoms with Gasteiger partial charge in [0.15, 0.2) is 5.65 Å². The fraction of sp³-hybridized carbons (Fsp3) is 0.222. The van der Waals surface area contributed by atoms with Crippen molar-refractivity contribution in [1.29, 1.82) is 5.41 Å². The molecule has 0 spiro atoms. The normalized spacial score (nSPS) is 10.7. The minimum Gasteiger partial charge on any atom is -0.388 e. The summed E-state index contributed by atoms with van der Waals surface area (Å²) in [7, 11) is 1.84. The van der Waals surface area contributed by atoms with Gasteiger partial charge in [0.1, 0.15) is 5.82 Å². The Hall–Kier alpha value is -3.22. The Morgan fingerprint density at radius 3 is 2.68 bits per heavy atom. The molecule has 0 aliphatic rings. The van der Waals surface area contributed by atoms with Crippen LogP contribution in [-0.4, -0.2) is 28.2 Å². The van der Waals surface area contributed by atoms with Crippen molar-refractivity contribution < 1.29 is 0 Å². The highest BCUT2D eigenvalue weighted by Gasteiger charge is 2.10. The lowest BCUT2D eigenvalue weighted by Crippen LogP contribution is -2.08. The second-order valence-corrected chi connectivity index (χ2v) is 5.88. The van der Waals surface area contributed by atoms with Crippen LogP contribution in [0.5, 0.6) is 0 Å². The summed E-state index contributed by atoms with van der Waals surface area (Å²) in [5, 5.41) is 14.5. The lowest BCUT2D eigenvalue weighted by atomic mass is 10.1. The minimum atomic E-state index is 0.420. The number of hydrogen-bond acceptors (Lipinski definition) is 7. The number of rotatable bonds is 5. The molecular formula is C18H21N7. The number of nitrogens with two attached hydrogens (primary N) is 1. The number of hydrogen-bond donors (Lipinski definition) is 4. The molecule has 0 unspecified atom stereocenters. The van der Waals surface area contributed by atoms with Crippen LogP contribution in [0, 0.1) is 19.3 Å². The molecule has 3 aromatic rings. The monoisotopic (exact) mass is 335 g/mol. The second-order valence-electron chi connectivity index (χ2n) is 5.88. The molecular weight excluding hydrogens is 314 g/mol. The van der Waals surface area contributed by atoms with Gasteiger partial charge >= 0.3 is 0 Å². The Labute approximate surface area is 146 Å². The van der Waals surface area contributed by atoms with Crippen molar-refractivity contribution in [3.8, 4) is 0 Å². The van der Waals surface area contributed by atoms with E-state index >= 15 is 0 Å². The molecule has 25 heavy (non-hydrogen) atoms. The Balaban J connectivity index is 1.87. The van der Waals surface area contributed by atoms with E-state index in [1.165, 1.54) is 6.21 Å². The summed E-state index contributed by atoms with van der Waals surface area (Å²) in [4.78, 5) is 13.3. The smallest absolute Gasteiger partial charge is 0.226 e. The van der Waals surface area contributed by atoms with Gasteiger partial charge in [0.25, 0.3) is 0 Å². The molecule has 2 aromatic heterocycles. The standard InChI is InChI=1S/C18H21N7/c1-10-6-11(2)23-17-15(10)16(20)24-18(25-17)22-9-12-4-5-14(21-3)13(7-12)8-19/h4-8,19,21H,9H2,1-3H3,(H3,20,22,23,24,25). The van der Waals surface area contributed by atoms with Crippen molar-refractivity contribution in [1.82, 2.24) is 15.0 Å². The third-order valence-corrected chi connectivity index (χ3v) is 4.01. The van der Waals surface area contributed by atoms with Crippen LogP contribution >= 0.6 is 0 Å². The number of nitrogens with zero attached hydrogens (tertiary/aromatic N) is 3. The van der Waals surface area contributed by atoms with Crippen molar-refractivity contribution in [2.75, 3.05) is 23.4 Å². The number of nitrogens with one attached hydrogen (secondary N) is 3. The van der Waals surface area contributed by atoms with Gasteiger partial charge in [-0.05, 0) is 43.2 Å². The number of aryl methyl sites for hydroxylation is 2. The molecule has 2 heterocycles. The molecule has 7 nitrogen and oxygen atoms in total. The van der Waals surface area contributed by atoms with Crippen LogP contribution in [-0.2, 0) is 6.54 Å². The van der Waals surface area contributed by atoms with Crippen LogP contribution in [0.2, 0.25) is 0 Å². The summed E-state index contributed by atoms with van der Waals surface area (Å²) in [6, 6.07) is 7.85. The van der Waals surface area contributed by atoms with Crippen LogP contribution in [0.25, 0.3) is 11.0 Å². The maximum atomic E-state index is 7.50. The fourth-order valence-corrected chi connectivity index (χ4v) is 2.84. The number of fused-ring (bicyclic) bond motifs is 1. The van der Waals surface area contributed by atoms with Crippen molar-refractivity contribution in [3.05, 3.63) is 46.6 Å². The van der Waals surface area contributed by atoms with E-state index in [9.17, 15) is 0 Å². The summed E-state index contributed by atoms with van der Waals surface area (Å²) in [6.45, 7) is 4.44. The largest absolute Gasteiger partial charge is 0.388 e. The molecule has 0 aliphatic carbocycles. The van der Waals surface area contributed by atoms with Gasteiger partial charge < -0.3 is 21.8 Å². The highest BCUT2D eigenvalue weighted by Crippen LogP contribution is 2.23. The molecule has 3 rings (SSSR count). The van der Waals surface area contributed by atoms with Crippen molar-refractivity contribution >= 4 is 34.7 Å². The van der Waals surface area contributed by atoms with E-state index in [0.29, 0.717) is 24.0 Å². The Bertz CT molecular complexity index is 950. The van der Waals surface area contributed by atoms with E-state index in [4.69, 9.17) is 11.1 Å². The molecule has 0 amide bonds. The van der Waals surface area contributed by atoms with Gasteiger partial charge in [0.05, 0.1) is 5.39 Å². The average Bonchev–Trinajstić information content (AvgIpc) is 2.58. The number of pyridine rings is 1.